The minimum Gasteiger partial charge on any atom is -0.384 e. The fourth-order valence-electron chi connectivity index (χ4n) is 1.46. The first-order chi connectivity index (χ1) is 6.20. The highest BCUT2D eigenvalue weighted by atomic mass is 16.5. The highest BCUT2D eigenvalue weighted by Gasteiger charge is 2.06. The van der Waals surface area contributed by atoms with Gasteiger partial charge >= 0.3 is 0 Å². The van der Waals surface area contributed by atoms with E-state index in [4.69, 9.17) is 4.74 Å². The van der Waals surface area contributed by atoms with Gasteiger partial charge in [0.25, 0.3) is 0 Å². The molecule has 2 heteroatoms. The van der Waals surface area contributed by atoms with Crippen LogP contribution in [-0.2, 0) is 4.74 Å². The second kappa shape index (κ2) is 8.52. The molecule has 2 nitrogen and oxygen atoms in total. The zero-order valence-electron chi connectivity index (χ0n) is 9.60. The van der Waals surface area contributed by atoms with Crippen molar-refractivity contribution in [2.75, 3.05) is 26.8 Å². The lowest BCUT2D eigenvalue weighted by atomic mass is 10.0. The molecule has 0 radical (unpaired) electrons. The lowest BCUT2D eigenvalue weighted by molar-refractivity contribution is 0.145. The van der Waals surface area contributed by atoms with Crippen molar-refractivity contribution in [1.29, 1.82) is 0 Å². The van der Waals surface area contributed by atoms with Crippen LogP contribution in [0.15, 0.2) is 0 Å². The van der Waals surface area contributed by atoms with Gasteiger partial charge in [-0.15, -0.1) is 0 Å². The molecule has 13 heavy (non-hydrogen) atoms. The largest absolute Gasteiger partial charge is 0.384 e. The summed E-state index contributed by atoms with van der Waals surface area (Å²) < 4.78 is 5.17. The van der Waals surface area contributed by atoms with E-state index in [-0.39, 0.29) is 0 Å². The van der Waals surface area contributed by atoms with E-state index in [9.17, 15) is 0 Å². The standard InChI is InChI=1S/C11H25NO/c1-5-6-11(9-13-4)8-12-7-10(2)3/h10-12H,5-9H2,1-4H3. The summed E-state index contributed by atoms with van der Waals surface area (Å²) in [6.07, 6.45) is 2.51. The molecule has 0 saturated carbocycles. The maximum Gasteiger partial charge on any atom is 0.0502 e. The molecular formula is C11H25NO. The molecule has 0 heterocycles. The summed E-state index contributed by atoms with van der Waals surface area (Å²) in [5.74, 6) is 1.43. The first kappa shape index (κ1) is 12.9. The normalized spacial score (nSPS) is 13.6. The average Bonchev–Trinajstić information content (AvgIpc) is 2.04. The van der Waals surface area contributed by atoms with Gasteiger partial charge in [-0.3, -0.25) is 0 Å². The van der Waals surface area contributed by atoms with Crippen LogP contribution in [0.4, 0.5) is 0 Å². The van der Waals surface area contributed by atoms with Crippen LogP contribution in [0.1, 0.15) is 33.6 Å². The molecule has 1 N–H and O–H groups in total. The van der Waals surface area contributed by atoms with E-state index in [0.717, 1.165) is 25.6 Å². The molecular weight excluding hydrogens is 162 g/mol. The van der Waals surface area contributed by atoms with E-state index in [1.54, 1.807) is 7.11 Å². The van der Waals surface area contributed by atoms with Crippen LogP contribution in [0, 0.1) is 11.8 Å². The van der Waals surface area contributed by atoms with Crippen LogP contribution in [0.2, 0.25) is 0 Å². The minimum absolute atomic E-state index is 0.689. The Balaban J connectivity index is 3.44. The summed E-state index contributed by atoms with van der Waals surface area (Å²) in [5, 5.41) is 3.47. The number of nitrogens with one attached hydrogen (secondary N) is 1. The summed E-state index contributed by atoms with van der Waals surface area (Å²) >= 11 is 0. The highest BCUT2D eigenvalue weighted by Crippen LogP contribution is 2.05. The Kier molecular flexibility index (Phi) is 8.46. The Labute approximate surface area is 83.1 Å². The predicted octanol–water partition coefficient (Wildman–Crippen LogP) is 2.29. The fraction of sp³-hybridized carbons (Fsp3) is 1.00. The molecule has 0 aromatic carbocycles. The van der Waals surface area contributed by atoms with E-state index < -0.39 is 0 Å². The van der Waals surface area contributed by atoms with Crippen LogP contribution >= 0.6 is 0 Å². The van der Waals surface area contributed by atoms with Gasteiger partial charge in [0.2, 0.25) is 0 Å². The van der Waals surface area contributed by atoms with Crippen LogP contribution in [0.25, 0.3) is 0 Å². The van der Waals surface area contributed by atoms with Crippen molar-refractivity contribution >= 4 is 0 Å². The summed E-state index contributed by atoms with van der Waals surface area (Å²) in [5.41, 5.74) is 0. The Morgan fingerprint density at radius 2 is 1.92 bits per heavy atom. The Hall–Kier alpha value is -0.0800. The maximum atomic E-state index is 5.17. The van der Waals surface area contributed by atoms with Crippen molar-refractivity contribution < 1.29 is 4.74 Å². The van der Waals surface area contributed by atoms with Crippen molar-refractivity contribution in [3.05, 3.63) is 0 Å². The first-order valence-electron chi connectivity index (χ1n) is 5.40. The molecule has 1 unspecified atom stereocenters. The lowest BCUT2D eigenvalue weighted by Crippen LogP contribution is -2.28. The highest BCUT2D eigenvalue weighted by molar-refractivity contribution is 4.62. The van der Waals surface area contributed by atoms with E-state index in [1.165, 1.54) is 12.8 Å². The smallest absolute Gasteiger partial charge is 0.0502 e. The molecule has 0 aliphatic rings. The SMILES string of the molecule is CCCC(CNCC(C)C)COC. The van der Waals surface area contributed by atoms with Crippen molar-refractivity contribution in [3.63, 3.8) is 0 Å². The van der Waals surface area contributed by atoms with Crippen LogP contribution in [-0.4, -0.2) is 26.8 Å². The van der Waals surface area contributed by atoms with Gasteiger partial charge in [-0.1, -0.05) is 27.2 Å². The zero-order chi connectivity index (χ0) is 10.1. The predicted molar refractivity (Wildman–Crippen MR) is 58.0 cm³/mol. The molecule has 1 atom stereocenters. The van der Waals surface area contributed by atoms with Crippen LogP contribution < -0.4 is 5.32 Å². The van der Waals surface area contributed by atoms with Gasteiger partial charge < -0.3 is 10.1 Å². The van der Waals surface area contributed by atoms with E-state index >= 15 is 0 Å². The molecule has 0 bridgehead atoms. The van der Waals surface area contributed by atoms with Crippen molar-refractivity contribution in [1.82, 2.24) is 5.32 Å². The molecule has 0 saturated heterocycles. The van der Waals surface area contributed by atoms with Gasteiger partial charge in [0.05, 0.1) is 6.61 Å². The third-order valence-electron chi connectivity index (χ3n) is 2.08. The number of ether oxygens (including phenoxy) is 1. The van der Waals surface area contributed by atoms with Gasteiger partial charge in [-0.25, -0.2) is 0 Å². The van der Waals surface area contributed by atoms with Gasteiger partial charge in [0, 0.05) is 13.7 Å². The summed E-state index contributed by atoms with van der Waals surface area (Å²) in [6.45, 7) is 9.80. The summed E-state index contributed by atoms with van der Waals surface area (Å²) in [4.78, 5) is 0. The van der Waals surface area contributed by atoms with Crippen LogP contribution in [0.5, 0.6) is 0 Å². The molecule has 0 aliphatic heterocycles. The summed E-state index contributed by atoms with van der Waals surface area (Å²) in [7, 11) is 1.78. The Morgan fingerprint density at radius 3 is 2.38 bits per heavy atom. The van der Waals surface area contributed by atoms with Crippen molar-refractivity contribution in [2.24, 2.45) is 11.8 Å². The fourth-order valence-corrected chi connectivity index (χ4v) is 1.46. The molecule has 0 amide bonds. The van der Waals surface area contributed by atoms with Gasteiger partial charge in [-0.05, 0) is 24.8 Å². The minimum atomic E-state index is 0.689. The van der Waals surface area contributed by atoms with Gasteiger partial charge in [0.1, 0.15) is 0 Å². The second-order valence-electron chi connectivity index (χ2n) is 4.16. The van der Waals surface area contributed by atoms with Crippen LogP contribution in [0.3, 0.4) is 0 Å². The number of rotatable bonds is 8. The molecule has 0 rings (SSSR count). The molecule has 0 spiro atoms. The monoisotopic (exact) mass is 187 g/mol. The third kappa shape index (κ3) is 8.26. The number of methoxy groups -OCH3 is 1. The molecule has 0 aromatic heterocycles. The van der Waals surface area contributed by atoms with Gasteiger partial charge in [-0.2, -0.15) is 0 Å². The maximum absolute atomic E-state index is 5.17. The Morgan fingerprint density at radius 1 is 1.23 bits per heavy atom. The topological polar surface area (TPSA) is 21.3 Å². The lowest BCUT2D eigenvalue weighted by Gasteiger charge is -2.16. The number of hydrogen-bond donors (Lipinski definition) is 1. The van der Waals surface area contributed by atoms with E-state index in [2.05, 4.69) is 26.1 Å². The molecule has 0 fully saturated rings. The van der Waals surface area contributed by atoms with E-state index in [1.807, 2.05) is 0 Å². The van der Waals surface area contributed by atoms with Crippen molar-refractivity contribution in [3.8, 4) is 0 Å². The number of hydrogen-bond acceptors (Lipinski definition) is 2. The average molecular weight is 187 g/mol. The summed E-state index contributed by atoms with van der Waals surface area (Å²) in [6, 6.07) is 0. The second-order valence-corrected chi connectivity index (χ2v) is 4.16. The third-order valence-corrected chi connectivity index (χ3v) is 2.08. The molecule has 0 aromatic rings. The van der Waals surface area contributed by atoms with E-state index in [0.29, 0.717) is 5.92 Å². The zero-order valence-corrected chi connectivity index (χ0v) is 9.60. The first-order valence-corrected chi connectivity index (χ1v) is 5.40. The van der Waals surface area contributed by atoms with Crippen molar-refractivity contribution in [2.45, 2.75) is 33.6 Å². The quantitative estimate of drug-likeness (QED) is 0.629. The van der Waals surface area contributed by atoms with Gasteiger partial charge in [0.15, 0.2) is 0 Å². The molecule has 80 valence electrons. The Bertz CT molecular complexity index is 98.3. The molecule has 0 aliphatic carbocycles.